The second kappa shape index (κ2) is 5.79. The van der Waals surface area contributed by atoms with Crippen LogP contribution in [0.1, 0.15) is 32.5 Å². The highest BCUT2D eigenvalue weighted by molar-refractivity contribution is 5.72. The van der Waals surface area contributed by atoms with Crippen molar-refractivity contribution in [3.8, 4) is 0 Å². The minimum absolute atomic E-state index is 0.0122. The third-order valence-corrected chi connectivity index (χ3v) is 2.22. The van der Waals surface area contributed by atoms with Gasteiger partial charge in [-0.1, -0.05) is 25.9 Å². The minimum atomic E-state index is -1.11. The lowest BCUT2D eigenvalue weighted by Gasteiger charge is -2.15. The average molecular weight is 271 g/mol. The Kier molecular flexibility index (Phi) is 4.60. The van der Waals surface area contributed by atoms with Crippen LogP contribution in [0, 0.1) is 0 Å². The summed E-state index contributed by atoms with van der Waals surface area (Å²) in [5.74, 6) is -1.53. The number of hydrogen-bond donors (Lipinski definition) is 2. The summed E-state index contributed by atoms with van der Waals surface area (Å²) in [6.45, 7) is 4.91. The molecule has 0 spiro atoms. The quantitative estimate of drug-likeness (QED) is 0.760. The molecule has 0 atom stereocenters. The van der Waals surface area contributed by atoms with Gasteiger partial charge in [0.15, 0.2) is 5.82 Å². The number of carboxylic acids is 2. The molecule has 1 heterocycles. The van der Waals surface area contributed by atoms with Crippen LogP contribution in [0.4, 0.5) is 0 Å². The first-order valence-corrected chi connectivity index (χ1v) is 5.67. The summed E-state index contributed by atoms with van der Waals surface area (Å²) in [4.78, 5) is 26.6. The zero-order valence-corrected chi connectivity index (χ0v) is 11.1. The molecule has 0 amide bonds. The molecule has 8 heteroatoms. The summed E-state index contributed by atoms with van der Waals surface area (Å²) in [7, 11) is 0. The molecule has 0 aliphatic rings. The molecule has 0 saturated heterocycles. The van der Waals surface area contributed by atoms with Gasteiger partial charge < -0.3 is 14.7 Å². The van der Waals surface area contributed by atoms with Crippen LogP contribution < -0.4 is 0 Å². The molecule has 2 N–H and O–H groups in total. The van der Waals surface area contributed by atoms with Gasteiger partial charge in [-0.2, -0.15) is 4.98 Å². The summed E-state index contributed by atoms with van der Waals surface area (Å²) < 4.78 is 5.00. The van der Waals surface area contributed by atoms with Gasteiger partial charge in [0, 0.05) is 5.41 Å². The molecule has 0 radical (unpaired) electrons. The molecule has 106 valence electrons. The van der Waals surface area contributed by atoms with E-state index in [9.17, 15) is 9.59 Å². The van der Waals surface area contributed by atoms with E-state index in [1.54, 1.807) is 0 Å². The van der Waals surface area contributed by atoms with Crippen LogP contribution in [0.25, 0.3) is 0 Å². The van der Waals surface area contributed by atoms with Gasteiger partial charge in [-0.15, -0.1) is 0 Å². The van der Waals surface area contributed by atoms with Crippen LogP contribution >= 0.6 is 0 Å². The second-order valence-corrected chi connectivity index (χ2v) is 5.19. The minimum Gasteiger partial charge on any atom is -0.480 e. The maximum Gasteiger partial charge on any atom is 0.317 e. The van der Waals surface area contributed by atoms with E-state index in [1.165, 1.54) is 4.90 Å². The second-order valence-electron chi connectivity index (χ2n) is 5.19. The van der Waals surface area contributed by atoms with Crippen molar-refractivity contribution < 1.29 is 24.3 Å². The molecule has 1 rings (SSSR count). The smallest absolute Gasteiger partial charge is 0.317 e. The third kappa shape index (κ3) is 5.04. The summed E-state index contributed by atoms with van der Waals surface area (Å²) in [6.07, 6.45) is 0. The number of aliphatic carboxylic acids is 2. The Morgan fingerprint density at radius 2 is 1.74 bits per heavy atom. The van der Waals surface area contributed by atoms with Gasteiger partial charge >= 0.3 is 11.9 Å². The topological polar surface area (TPSA) is 117 Å². The lowest BCUT2D eigenvalue weighted by molar-refractivity contribution is -0.142. The summed E-state index contributed by atoms with van der Waals surface area (Å²) in [5, 5.41) is 21.2. The van der Waals surface area contributed by atoms with Gasteiger partial charge in [0.05, 0.1) is 19.6 Å². The fraction of sp³-hybridized carbons (Fsp3) is 0.636. The van der Waals surface area contributed by atoms with E-state index < -0.39 is 25.0 Å². The molecule has 0 fully saturated rings. The van der Waals surface area contributed by atoms with E-state index in [0.29, 0.717) is 5.82 Å². The zero-order valence-electron chi connectivity index (χ0n) is 11.1. The largest absolute Gasteiger partial charge is 0.480 e. The summed E-state index contributed by atoms with van der Waals surface area (Å²) >= 11 is 0. The van der Waals surface area contributed by atoms with E-state index in [2.05, 4.69) is 10.1 Å². The van der Waals surface area contributed by atoms with Gasteiger partial charge in [-0.3, -0.25) is 14.5 Å². The molecule has 19 heavy (non-hydrogen) atoms. The van der Waals surface area contributed by atoms with E-state index in [1.807, 2.05) is 20.8 Å². The summed E-state index contributed by atoms with van der Waals surface area (Å²) in [6, 6.07) is 0. The van der Waals surface area contributed by atoms with Crippen molar-refractivity contribution >= 4 is 11.9 Å². The highest BCUT2D eigenvalue weighted by Gasteiger charge is 2.23. The Labute approximate surface area is 110 Å². The van der Waals surface area contributed by atoms with Crippen LogP contribution in [0.15, 0.2) is 4.52 Å². The lowest BCUT2D eigenvalue weighted by Crippen LogP contribution is -2.34. The fourth-order valence-corrected chi connectivity index (χ4v) is 1.37. The van der Waals surface area contributed by atoms with Gasteiger partial charge in [-0.05, 0) is 0 Å². The molecule has 0 aliphatic carbocycles. The van der Waals surface area contributed by atoms with E-state index in [0.717, 1.165) is 0 Å². The monoisotopic (exact) mass is 271 g/mol. The van der Waals surface area contributed by atoms with Crippen LogP contribution in [0.2, 0.25) is 0 Å². The molecular weight excluding hydrogens is 254 g/mol. The molecular formula is C11H17N3O5. The molecule has 0 aliphatic heterocycles. The van der Waals surface area contributed by atoms with E-state index in [4.69, 9.17) is 14.7 Å². The standard InChI is InChI=1S/C11H17N3O5/c1-11(2,3)10-12-7(19-13-10)4-14(5-8(15)16)6-9(17)18/h4-6H2,1-3H3,(H,15,16)(H,17,18). The number of nitrogens with zero attached hydrogens (tertiary/aromatic N) is 3. The van der Waals surface area contributed by atoms with Crippen molar-refractivity contribution in [3.05, 3.63) is 11.7 Å². The molecule has 0 bridgehead atoms. The fourth-order valence-electron chi connectivity index (χ4n) is 1.37. The number of hydrogen-bond acceptors (Lipinski definition) is 6. The van der Waals surface area contributed by atoms with Crippen LogP contribution in [-0.2, 0) is 21.5 Å². The lowest BCUT2D eigenvalue weighted by atomic mass is 9.96. The van der Waals surface area contributed by atoms with Crippen LogP contribution in [-0.4, -0.2) is 50.3 Å². The SMILES string of the molecule is CC(C)(C)c1noc(CN(CC(=O)O)CC(=O)O)n1. The first-order valence-electron chi connectivity index (χ1n) is 5.67. The van der Waals surface area contributed by atoms with Crippen LogP contribution in [0.5, 0.6) is 0 Å². The normalized spacial score (nSPS) is 11.8. The Balaban J connectivity index is 2.75. The van der Waals surface area contributed by atoms with Crippen molar-refractivity contribution in [2.45, 2.75) is 32.7 Å². The van der Waals surface area contributed by atoms with E-state index >= 15 is 0 Å². The van der Waals surface area contributed by atoms with Crippen molar-refractivity contribution in [2.24, 2.45) is 0 Å². The Morgan fingerprint density at radius 3 is 2.11 bits per heavy atom. The Morgan fingerprint density at radius 1 is 1.21 bits per heavy atom. The maximum absolute atomic E-state index is 10.6. The summed E-state index contributed by atoms with van der Waals surface area (Å²) in [5.41, 5.74) is -0.286. The van der Waals surface area contributed by atoms with Crippen molar-refractivity contribution in [1.29, 1.82) is 0 Å². The first-order chi connectivity index (χ1) is 8.68. The molecule has 1 aromatic heterocycles. The predicted octanol–water partition coefficient (Wildman–Crippen LogP) is 0.338. The van der Waals surface area contributed by atoms with Crippen molar-refractivity contribution in [3.63, 3.8) is 0 Å². The predicted molar refractivity (Wildman–Crippen MR) is 63.5 cm³/mol. The molecule has 0 unspecified atom stereocenters. The molecule has 0 aromatic carbocycles. The third-order valence-electron chi connectivity index (χ3n) is 2.22. The molecule has 0 saturated carbocycles. The van der Waals surface area contributed by atoms with Crippen molar-refractivity contribution in [2.75, 3.05) is 13.1 Å². The van der Waals surface area contributed by atoms with Gasteiger partial charge in [0.1, 0.15) is 0 Å². The first kappa shape index (κ1) is 15.1. The number of rotatable bonds is 6. The molecule has 8 nitrogen and oxygen atoms in total. The maximum atomic E-state index is 10.6. The Bertz CT molecular complexity index is 447. The highest BCUT2D eigenvalue weighted by atomic mass is 16.5. The average Bonchev–Trinajstić information content (AvgIpc) is 2.62. The van der Waals surface area contributed by atoms with Gasteiger partial charge in [0.2, 0.25) is 5.89 Å². The van der Waals surface area contributed by atoms with Crippen LogP contribution in [0.3, 0.4) is 0 Å². The number of carbonyl (C=O) groups is 2. The highest BCUT2D eigenvalue weighted by Crippen LogP contribution is 2.18. The molecule has 1 aromatic rings. The van der Waals surface area contributed by atoms with Gasteiger partial charge in [0.25, 0.3) is 0 Å². The number of carboxylic acid groups (broad SMARTS) is 2. The number of aromatic nitrogens is 2. The zero-order chi connectivity index (χ0) is 14.6. The van der Waals surface area contributed by atoms with Gasteiger partial charge in [-0.25, -0.2) is 0 Å². The van der Waals surface area contributed by atoms with Crippen molar-refractivity contribution in [1.82, 2.24) is 15.0 Å². The van der Waals surface area contributed by atoms with E-state index in [-0.39, 0.29) is 17.9 Å². The Hall–Kier alpha value is -1.96.